The summed E-state index contributed by atoms with van der Waals surface area (Å²) in [7, 11) is 0. The van der Waals surface area contributed by atoms with Gasteiger partial charge in [0.05, 0.1) is 23.5 Å². The molecule has 0 radical (unpaired) electrons. The van der Waals surface area contributed by atoms with Crippen LogP contribution in [-0.4, -0.2) is 10.1 Å². The van der Waals surface area contributed by atoms with Crippen LogP contribution in [0.1, 0.15) is 27.5 Å². The highest BCUT2D eigenvalue weighted by molar-refractivity contribution is 7.80. The molecule has 3 heterocycles. The van der Waals surface area contributed by atoms with E-state index in [0.717, 1.165) is 10.6 Å². The van der Waals surface area contributed by atoms with Crippen molar-refractivity contribution >= 4 is 34.4 Å². The molecule has 0 aliphatic carbocycles. The summed E-state index contributed by atoms with van der Waals surface area (Å²) in [5.74, 6) is -0.286. The van der Waals surface area contributed by atoms with Crippen molar-refractivity contribution in [3.63, 3.8) is 0 Å². The van der Waals surface area contributed by atoms with E-state index in [1.807, 2.05) is 29.2 Å². The number of nitrogens with zero attached hydrogens (tertiary/aromatic N) is 2. The quantitative estimate of drug-likeness (QED) is 0.673. The molecule has 1 saturated heterocycles. The van der Waals surface area contributed by atoms with Gasteiger partial charge < -0.3 is 10.2 Å². The van der Waals surface area contributed by atoms with Gasteiger partial charge in [0.1, 0.15) is 5.82 Å². The summed E-state index contributed by atoms with van der Waals surface area (Å²) >= 11 is 7.27. The molecule has 1 aromatic carbocycles. The van der Waals surface area contributed by atoms with Crippen molar-refractivity contribution in [1.82, 2.24) is 10.3 Å². The van der Waals surface area contributed by atoms with Crippen molar-refractivity contribution < 1.29 is 4.39 Å². The predicted octanol–water partition coefficient (Wildman–Crippen LogP) is 4.77. The first-order chi connectivity index (χ1) is 12.1. The van der Waals surface area contributed by atoms with E-state index in [2.05, 4.69) is 29.4 Å². The molecule has 6 heteroatoms. The average molecular weight is 369 g/mol. The number of hydrogen-bond donors (Lipinski definition) is 1. The number of nitrogens with one attached hydrogen (secondary N) is 1. The number of aromatic nitrogens is 1. The number of hydrogen-bond acceptors (Lipinski definition) is 3. The topological polar surface area (TPSA) is 28.2 Å². The van der Waals surface area contributed by atoms with Crippen molar-refractivity contribution in [2.75, 3.05) is 4.90 Å². The molecule has 0 amide bonds. The normalized spacial score (nSPS) is 19.9. The number of aryl methyl sites for hydroxylation is 1. The minimum atomic E-state index is -0.286. The van der Waals surface area contributed by atoms with Crippen LogP contribution >= 0.6 is 23.6 Å². The summed E-state index contributed by atoms with van der Waals surface area (Å²) in [6.07, 6.45) is 1.77. The standard InChI is InChI=1S/C19H16FN3S2/c1-12-9-10-16(25-12)18-17(14-7-4-5-11-21-14)22-19(24)23(18)15-8-3-2-6-13(15)20/h2-11,17-18H,1H3,(H,22,24)/t17-,18-/m1/s1. The summed E-state index contributed by atoms with van der Waals surface area (Å²) in [6, 6.07) is 16.4. The third-order valence-corrected chi connectivity index (χ3v) is 5.65. The summed E-state index contributed by atoms with van der Waals surface area (Å²) in [5.41, 5.74) is 1.37. The van der Waals surface area contributed by atoms with Crippen LogP contribution in [0.5, 0.6) is 0 Å². The van der Waals surface area contributed by atoms with Crippen molar-refractivity contribution in [3.05, 3.63) is 82.1 Å². The second kappa shape index (κ2) is 6.54. The maximum atomic E-state index is 14.5. The van der Waals surface area contributed by atoms with Gasteiger partial charge in [0.15, 0.2) is 5.11 Å². The van der Waals surface area contributed by atoms with E-state index >= 15 is 0 Å². The Morgan fingerprint density at radius 1 is 1.12 bits per heavy atom. The van der Waals surface area contributed by atoms with Crippen LogP contribution in [0, 0.1) is 12.7 Å². The first kappa shape index (κ1) is 16.2. The molecule has 1 fully saturated rings. The molecule has 0 spiro atoms. The smallest absolute Gasteiger partial charge is 0.174 e. The maximum Gasteiger partial charge on any atom is 0.174 e. The minimum Gasteiger partial charge on any atom is -0.351 e. The van der Waals surface area contributed by atoms with Gasteiger partial charge in [-0.1, -0.05) is 18.2 Å². The minimum absolute atomic E-state index is 0.133. The lowest BCUT2D eigenvalue weighted by Gasteiger charge is -2.27. The molecule has 1 aliphatic rings. The molecule has 1 N–H and O–H groups in total. The lowest BCUT2D eigenvalue weighted by molar-refractivity contribution is 0.565. The molecule has 1 aliphatic heterocycles. The number of pyridine rings is 1. The van der Waals surface area contributed by atoms with Crippen molar-refractivity contribution in [2.24, 2.45) is 0 Å². The number of para-hydroxylation sites is 1. The van der Waals surface area contributed by atoms with Crippen LogP contribution < -0.4 is 10.2 Å². The van der Waals surface area contributed by atoms with E-state index < -0.39 is 0 Å². The SMILES string of the molecule is Cc1ccc([C@@H]2[C@@H](c3ccccn3)NC(=S)N2c2ccccc2F)s1. The Kier molecular flexibility index (Phi) is 4.23. The van der Waals surface area contributed by atoms with Crippen molar-refractivity contribution in [2.45, 2.75) is 19.0 Å². The molecule has 4 rings (SSSR count). The fraction of sp³-hybridized carbons (Fsp3) is 0.158. The van der Waals surface area contributed by atoms with Gasteiger partial charge >= 0.3 is 0 Å². The van der Waals surface area contributed by atoms with E-state index in [9.17, 15) is 4.39 Å². The average Bonchev–Trinajstić information content (AvgIpc) is 3.19. The molecule has 0 saturated carbocycles. The molecule has 0 bridgehead atoms. The highest BCUT2D eigenvalue weighted by atomic mass is 32.1. The van der Waals surface area contributed by atoms with Gasteiger partial charge in [-0.25, -0.2) is 4.39 Å². The molecule has 0 unspecified atom stereocenters. The summed E-state index contributed by atoms with van der Waals surface area (Å²) in [4.78, 5) is 8.70. The van der Waals surface area contributed by atoms with Crippen LogP contribution in [0.15, 0.2) is 60.8 Å². The van der Waals surface area contributed by atoms with Crippen LogP contribution in [0.4, 0.5) is 10.1 Å². The van der Waals surface area contributed by atoms with Crippen LogP contribution in [0.3, 0.4) is 0 Å². The fourth-order valence-electron chi connectivity index (χ4n) is 3.16. The zero-order valence-corrected chi connectivity index (χ0v) is 15.2. The summed E-state index contributed by atoms with van der Waals surface area (Å²) in [6.45, 7) is 2.07. The first-order valence-electron chi connectivity index (χ1n) is 7.96. The monoisotopic (exact) mass is 369 g/mol. The third kappa shape index (κ3) is 2.92. The van der Waals surface area contributed by atoms with Gasteiger partial charge in [-0.3, -0.25) is 4.98 Å². The lowest BCUT2D eigenvalue weighted by atomic mass is 10.0. The number of thiocarbonyl (C=S) groups is 1. The van der Waals surface area contributed by atoms with Gasteiger partial charge in [0.25, 0.3) is 0 Å². The molecule has 25 heavy (non-hydrogen) atoms. The Morgan fingerprint density at radius 3 is 2.60 bits per heavy atom. The second-order valence-corrected chi connectivity index (χ2v) is 7.60. The molecular weight excluding hydrogens is 353 g/mol. The van der Waals surface area contributed by atoms with E-state index in [4.69, 9.17) is 12.2 Å². The number of benzene rings is 1. The van der Waals surface area contributed by atoms with Crippen LogP contribution in [0.2, 0.25) is 0 Å². The summed E-state index contributed by atoms with van der Waals surface area (Å²) < 4.78 is 14.5. The number of halogens is 1. The van der Waals surface area contributed by atoms with Crippen molar-refractivity contribution in [3.8, 4) is 0 Å². The van der Waals surface area contributed by atoms with E-state index in [1.54, 1.807) is 29.7 Å². The predicted molar refractivity (Wildman–Crippen MR) is 103 cm³/mol. The van der Waals surface area contributed by atoms with Gasteiger partial charge in [-0.05, 0) is 55.5 Å². The van der Waals surface area contributed by atoms with Gasteiger partial charge in [0, 0.05) is 16.0 Å². The number of thiophene rings is 1. The molecule has 3 nitrogen and oxygen atoms in total. The molecule has 126 valence electrons. The Morgan fingerprint density at radius 2 is 1.92 bits per heavy atom. The number of anilines is 1. The fourth-order valence-corrected chi connectivity index (χ4v) is 4.51. The molecule has 2 atom stereocenters. The van der Waals surface area contributed by atoms with Crippen LogP contribution in [-0.2, 0) is 0 Å². The Hall–Kier alpha value is -2.31. The van der Waals surface area contributed by atoms with Gasteiger partial charge in [0.2, 0.25) is 0 Å². The molecular formula is C19H16FN3S2. The first-order valence-corrected chi connectivity index (χ1v) is 9.19. The Labute approximate surface area is 155 Å². The molecule has 2 aromatic heterocycles. The third-order valence-electron chi connectivity index (χ3n) is 4.26. The van der Waals surface area contributed by atoms with E-state index in [1.165, 1.54) is 10.9 Å². The highest BCUT2D eigenvalue weighted by Crippen LogP contribution is 2.44. The Balaban J connectivity index is 1.85. The second-order valence-electron chi connectivity index (χ2n) is 5.90. The molecule has 3 aromatic rings. The maximum absolute atomic E-state index is 14.5. The lowest BCUT2D eigenvalue weighted by Crippen LogP contribution is -2.29. The highest BCUT2D eigenvalue weighted by Gasteiger charge is 2.42. The van der Waals surface area contributed by atoms with Gasteiger partial charge in [-0.15, -0.1) is 11.3 Å². The number of rotatable bonds is 3. The van der Waals surface area contributed by atoms with Crippen molar-refractivity contribution in [1.29, 1.82) is 0 Å². The van der Waals surface area contributed by atoms with Crippen LogP contribution in [0.25, 0.3) is 0 Å². The zero-order valence-electron chi connectivity index (χ0n) is 13.5. The van der Waals surface area contributed by atoms with Gasteiger partial charge in [-0.2, -0.15) is 0 Å². The largest absolute Gasteiger partial charge is 0.351 e. The summed E-state index contributed by atoms with van der Waals surface area (Å²) in [5, 5.41) is 3.85. The Bertz CT molecular complexity index is 910. The van der Waals surface area contributed by atoms with E-state index in [-0.39, 0.29) is 17.9 Å². The zero-order chi connectivity index (χ0) is 17.4. The van der Waals surface area contributed by atoms with E-state index in [0.29, 0.717) is 10.8 Å².